The number of hydrogen-bond donors (Lipinski definition) is 2. The first-order valence-electron chi connectivity index (χ1n) is 9.51. The summed E-state index contributed by atoms with van der Waals surface area (Å²) >= 11 is 0. The zero-order chi connectivity index (χ0) is 22.6. The Kier molecular flexibility index (Phi) is 6.55. The van der Waals surface area contributed by atoms with Crippen molar-refractivity contribution in [1.82, 2.24) is 9.97 Å². The maximum Gasteiger partial charge on any atom is 0.331 e. The number of allylic oxidation sites excluding steroid dienone is 1. The number of fused-ring (bicyclic) bond motifs is 1. The number of halogens is 3. The van der Waals surface area contributed by atoms with Crippen molar-refractivity contribution >= 4 is 22.6 Å². The summed E-state index contributed by atoms with van der Waals surface area (Å²) in [5.74, 6) is -5.01. The van der Waals surface area contributed by atoms with Gasteiger partial charge in [0.05, 0.1) is 12.1 Å². The van der Waals surface area contributed by atoms with Crippen LogP contribution in [-0.2, 0) is 17.3 Å². The highest BCUT2D eigenvalue weighted by Crippen LogP contribution is 2.36. The van der Waals surface area contributed by atoms with Crippen molar-refractivity contribution in [2.24, 2.45) is 16.5 Å². The number of amidine groups is 1. The van der Waals surface area contributed by atoms with Crippen LogP contribution in [-0.4, -0.2) is 22.4 Å². The Hall–Kier alpha value is -3.46. The van der Waals surface area contributed by atoms with Crippen LogP contribution in [0.3, 0.4) is 0 Å². The van der Waals surface area contributed by atoms with Gasteiger partial charge in [0.2, 0.25) is 5.82 Å². The molecule has 0 saturated carbocycles. The molecule has 1 heterocycles. The van der Waals surface area contributed by atoms with Crippen LogP contribution in [0.4, 0.5) is 19.0 Å². The Morgan fingerprint density at radius 1 is 1.13 bits per heavy atom. The van der Waals surface area contributed by atoms with Gasteiger partial charge in [0, 0.05) is 23.3 Å². The molecule has 4 N–H and O–H groups in total. The maximum absolute atomic E-state index is 15.2. The van der Waals surface area contributed by atoms with E-state index in [0.29, 0.717) is 24.3 Å². The fraction of sp³-hybridized carbons (Fsp3) is 0.227. The van der Waals surface area contributed by atoms with Crippen molar-refractivity contribution in [1.29, 1.82) is 0 Å². The normalized spacial score (nSPS) is 13.1. The molecule has 1 aromatic heterocycles. The average molecular weight is 429 g/mol. The molecular weight excluding hydrogens is 407 g/mol. The van der Waals surface area contributed by atoms with E-state index in [-0.39, 0.29) is 17.2 Å². The Balaban J connectivity index is 2.20. The second-order valence-corrected chi connectivity index (χ2v) is 6.87. The lowest BCUT2D eigenvalue weighted by Crippen LogP contribution is -2.19. The van der Waals surface area contributed by atoms with Crippen molar-refractivity contribution in [2.75, 3.05) is 6.61 Å². The fourth-order valence-corrected chi connectivity index (χ4v) is 2.87. The quantitative estimate of drug-likeness (QED) is 0.431. The lowest BCUT2D eigenvalue weighted by Gasteiger charge is -2.17. The van der Waals surface area contributed by atoms with E-state index in [1.807, 2.05) is 6.92 Å². The molecule has 0 spiro atoms. The van der Waals surface area contributed by atoms with Crippen LogP contribution in [0.25, 0.3) is 10.9 Å². The van der Waals surface area contributed by atoms with Gasteiger partial charge in [-0.25, -0.2) is 19.4 Å². The highest BCUT2D eigenvalue weighted by atomic mass is 19.3. The second kappa shape index (κ2) is 9.13. The molecule has 0 atom stereocenters. The molecule has 0 aliphatic heterocycles. The third-order valence-corrected chi connectivity index (χ3v) is 4.31. The summed E-state index contributed by atoms with van der Waals surface area (Å²) in [6.07, 6.45) is 1.40. The van der Waals surface area contributed by atoms with E-state index in [1.54, 1.807) is 25.1 Å². The summed E-state index contributed by atoms with van der Waals surface area (Å²) in [6, 6.07) is 8.98. The first-order chi connectivity index (χ1) is 14.7. The van der Waals surface area contributed by atoms with Gasteiger partial charge in [0.15, 0.2) is 5.82 Å². The van der Waals surface area contributed by atoms with Crippen LogP contribution in [0, 0.1) is 5.82 Å². The van der Waals surface area contributed by atoms with E-state index < -0.39 is 23.1 Å². The topological polar surface area (TPSA) is 99.4 Å². The van der Waals surface area contributed by atoms with Gasteiger partial charge in [-0.15, -0.1) is 0 Å². The minimum atomic E-state index is -3.59. The van der Waals surface area contributed by atoms with Gasteiger partial charge >= 0.3 is 5.92 Å². The molecule has 0 aliphatic rings. The Bertz CT molecular complexity index is 1140. The summed E-state index contributed by atoms with van der Waals surface area (Å²) in [7, 11) is 0. The molecule has 6 nitrogen and oxygen atoms in total. The van der Waals surface area contributed by atoms with E-state index in [4.69, 9.17) is 16.2 Å². The third kappa shape index (κ3) is 5.18. The first-order valence-corrected chi connectivity index (χ1v) is 9.51. The highest BCUT2D eigenvalue weighted by molar-refractivity contribution is 5.97. The minimum Gasteiger partial charge on any atom is -0.402 e. The molecule has 0 aliphatic carbocycles. The Labute approximate surface area is 177 Å². The first kappa shape index (κ1) is 22.2. The monoisotopic (exact) mass is 429 g/mol. The molecule has 9 heteroatoms. The van der Waals surface area contributed by atoms with Gasteiger partial charge in [-0.05, 0) is 61.9 Å². The van der Waals surface area contributed by atoms with Crippen molar-refractivity contribution in [3.63, 3.8) is 0 Å². The van der Waals surface area contributed by atoms with E-state index in [1.165, 1.54) is 6.08 Å². The molecule has 31 heavy (non-hydrogen) atoms. The number of ether oxygens (including phenoxy) is 1. The van der Waals surface area contributed by atoms with E-state index in [2.05, 4.69) is 15.0 Å². The molecular formula is C22H22F3N5O. The van der Waals surface area contributed by atoms with Gasteiger partial charge in [0.1, 0.15) is 11.7 Å². The van der Waals surface area contributed by atoms with Gasteiger partial charge in [0.25, 0.3) is 0 Å². The van der Waals surface area contributed by atoms with Crippen LogP contribution >= 0.6 is 0 Å². The SMILES string of the molecule is CCOCc1ccc2c(N=C(N)/C=C(/C)N)nc(C(F)(F)c3ccc(F)cc3)nc2c1. The van der Waals surface area contributed by atoms with Crippen molar-refractivity contribution < 1.29 is 17.9 Å². The lowest BCUT2D eigenvalue weighted by molar-refractivity contribution is 0.0332. The van der Waals surface area contributed by atoms with Crippen LogP contribution in [0.2, 0.25) is 0 Å². The van der Waals surface area contributed by atoms with Crippen LogP contribution in [0.5, 0.6) is 0 Å². The van der Waals surface area contributed by atoms with Crippen LogP contribution < -0.4 is 11.5 Å². The summed E-state index contributed by atoms with van der Waals surface area (Å²) in [6.45, 7) is 4.28. The number of aromatic nitrogens is 2. The highest BCUT2D eigenvalue weighted by Gasteiger charge is 2.38. The average Bonchev–Trinajstić information content (AvgIpc) is 2.71. The van der Waals surface area contributed by atoms with Crippen molar-refractivity contribution in [3.8, 4) is 0 Å². The number of alkyl halides is 2. The molecule has 0 fully saturated rings. The maximum atomic E-state index is 15.2. The number of nitrogens with zero attached hydrogens (tertiary/aromatic N) is 3. The Morgan fingerprint density at radius 3 is 2.48 bits per heavy atom. The van der Waals surface area contributed by atoms with Crippen LogP contribution in [0.15, 0.2) is 59.2 Å². The summed E-state index contributed by atoms with van der Waals surface area (Å²) < 4.78 is 49.0. The molecule has 3 rings (SSSR count). The molecule has 3 aromatic rings. The predicted octanol–water partition coefficient (Wildman–Crippen LogP) is 4.30. The minimum absolute atomic E-state index is 0.00874. The molecule has 2 aromatic carbocycles. The molecule has 0 radical (unpaired) electrons. The summed E-state index contributed by atoms with van der Waals surface area (Å²) in [5, 5.41) is 0.435. The largest absolute Gasteiger partial charge is 0.402 e. The standard InChI is InChI=1S/C22H22F3N5O/c1-3-31-12-14-4-9-17-18(11-14)28-21(30-20(17)29-19(27)10-13(2)26)22(24,25)15-5-7-16(23)8-6-15/h4-11H,3,12,26H2,1-2H3,(H2,27,28,29,30)/b13-10-. The van der Waals surface area contributed by atoms with Gasteiger partial charge in [-0.1, -0.05) is 6.07 Å². The zero-order valence-electron chi connectivity index (χ0n) is 17.1. The second-order valence-electron chi connectivity index (χ2n) is 6.87. The number of hydrogen-bond acceptors (Lipinski definition) is 5. The Morgan fingerprint density at radius 2 is 1.84 bits per heavy atom. The molecule has 162 valence electrons. The molecule has 0 unspecified atom stereocenters. The number of nitrogens with two attached hydrogens (primary N) is 2. The van der Waals surface area contributed by atoms with Crippen molar-refractivity contribution in [3.05, 3.63) is 77.0 Å². The summed E-state index contributed by atoms with van der Waals surface area (Å²) in [5.41, 5.74) is 12.4. The zero-order valence-corrected chi connectivity index (χ0v) is 17.1. The third-order valence-electron chi connectivity index (χ3n) is 4.31. The molecule has 0 bridgehead atoms. The van der Waals surface area contributed by atoms with Gasteiger partial charge < -0.3 is 16.2 Å². The fourth-order valence-electron chi connectivity index (χ4n) is 2.87. The van der Waals surface area contributed by atoms with E-state index in [0.717, 1.165) is 29.8 Å². The smallest absolute Gasteiger partial charge is 0.331 e. The number of rotatable bonds is 7. The predicted molar refractivity (Wildman–Crippen MR) is 113 cm³/mol. The van der Waals surface area contributed by atoms with E-state index >= 15 is 8.78 Å². The van der Waals surface area contributed by atoms with Gasteiger partial charge in [-0.2, -0.15) is 8.78 Å². The van der Waals surface area contributed by atoms with Crippen LogP contribution in [0.1, 0.15) is 30.8 Å². The summed E-state index contributed by atoms with van der Waals surface area (Å²) in [4.78, 5) is 12.2. The lowest BCUT2D eigenvalue weighted by atomic mass is 10.1. The van der Waals surface area contributed by atoms with Crippen molar-refractivity contribution in [2.45, 2.75) is 26.4 Å². The molecule has 0 saturated heterocycles. The number of aliphatic imine (C=N–C) groups is 1. The van der Waals surface area contributed by atoms with Gasteiger partial charge in [-0.3, -0.25) is 0 Å². The molecule has 0 amide bonds. The number of benzene rings is 2. The van der Waals surface area contributed by atoms with E-state index in [9.17, 15) is 4.39 Å².